The number of halogens is 4. The van der Waals surface area contributed by atoms with E-state index >= 15 is 9.59 Å². The maximum absolute atomic E-state index is 15.9. The third-order valence-corrected chi connectivity index (χ3v) is 16.9. The maximum Gasteiger partial charge on any atom is 0.276 e. The van der Waals surface area contributed by atoms with Crippen molar-refractivity contribution in [3.63, 3.8) is 0 Å². The molecule has 0 saturated carbocycles. The molecule has 1 aliphatic carbocycles. The van der Waals surface area contributed by atoms with Crippen LogP contribution in [0.1, 0.15) is 79.0 Å². The lowest BCUT2D eigenvalue weighted by molar-refractivity contribution is -0.386. The third kappa shape index (κ3) is 12.9. The van der Waals surface area contributed by atoms with Gasteiger partial charge in [-0.1, -0.05) is 46.4 Å². The number of hydrogen-bond acceptors (Lipinski definition) is 22. The minimum absolute atomic E-state index is 0.0424. The van der Waals surface area contributed by atoms with Crippen LogP contribution in [0.3, 0.4) is 0 Å². The molecule has 4 aliphatic heterocycles. The minimum Gasteiger partial charge on any atom is -0.383 e. The summed E-state index contributed by atoms with van der Waals surface area (Å²) in [5, 5.41) is 63.3. The molecule has 30 heteroatoms. The van der Waals surface area contributed by atoms with E-state index < -0.39 is 56.2 Å². The van der Waals surface area contributed by atoms with Crippen LogP contribution in [0.4, 0.5) is 45.5 Å². The molecule has 460 valence electrons. The van der Waals surface area contributed by atoms with Gasteiger partial charge in [-0.05, 0) is 72.8 Å². The lowest BCUT2D eigenvalue weighted by Gasteiger charge is -2.29. The van der Waals surface area contributed by atoms with Crippen molar-refractivity contribution in [3.8, 4) is 0 Å². The van der Waals surface area contributed by atoms with Gasteiger partial charge in [-0.2, -0.15) is 0 Å². The van der Waals surface area contributed by atoms with Crippen molar-refractivity contribution >= 4 is 103 Å². The topological polar surface area (TPSA) is 305 Å². The lowest BCUT2D eigenvalue weighted by Crippen LogP contribution is -2.33. The summed E-state index contributed by atoms with van der Waals surface area (Å²) in [6.45, 7) is 4.44. The molecule has 4 N–H and O–H groups in total. The normalized spacial score (nSPS) is 19.6. The van der Waals surface area contributed by atoms with E-state index in [0.717, 1.165) is 0 Å². The molecule has 4 atom stereocenters. The number of hydrogen-bond donors (Lipinski definition) is 4. The van der Waals surface area contributed by atoms with Crippen LogP contribution in [0.2, 0.25) is 20.1 Å². The number of benzene rings is 6. The number of nitro groups is 4. The molecule has 4 unspecified atom stereocenters. The molecule has 4 heterocycles. The zero-order valence-electron chi connectivity index (χ0n) is 46.7. The molecule has 4 saturated heterocycles. The molecule has 4 fully saturated rings. The average molecular weight is 1290 g/mol. The van der Waals surface area contributed by atoms with Gasteiger partial charge in [0.05, 0.1) is 90.6 Å². The van der Waals surface area contributed by atoms with E-state index in [0.29, 0.717) is 69.0 Å². The number of ether oxygens (including phenoxy) is 4. The quantitative estimate of drug-likeness (QED) is 0.0323. The number of carbonyl (C=O) groups excluding carboxylic acids is 2. The van der Waals surface area contributed by atoms with Gasteiger partial charge in [0.1, 0.15) is 24.9 Å². The van der Waals surface area contributed by atoms with Crippen molar-refractivity contribution in [1.29, 1.82) is 0 Å². The van der Waals surface area contributed by atoms with Crippen molar-refractivity contribution in [2.45, 2.75) is 24.9 Å². The van der Waals surface area contributed by atoms with E-state index in [1.165, 1.54) is 72.8 Å². The van der Waals surface area contributed by atoms with E-state index in [9.17, 15) is 40.5 Å². The summed E-state index contributed by atoms with van der Waals surface area (Å²) in [4.78, 5) is 85.9. The largest absolute Gasteiger partial charge is 0.383 e. The summed E-state index contributed by atoms with van der Waals surface area (Å²) in [6, 6.07) is 23.8. The molecule has 0 amide bonds. The molecule has 11 rings (SSSR count). The predicted molar refractivity (Wildman–Crippen MR) is 327 cm³/mol. The number of rotatable bonds is 24. The standard InChI is InChI=1S/C58H56Cl4N12O14/c59-33-1-9-45(71(77)78)37(29-33)55-67(21-25-85-55)17-13-63-41-5-6-42(64-14-18-68-22-26-86-56(68)38-30-34(60)2-10-46(38)72(79)80)50-49(41)53(75)51-43(65-15-19-69-23-27-87-57(69)39-31-35(61)3-11-47(39)73(81)82)7-8-44(52(51)54(50)76)66-16-20-70-24-28-88-58(70)40-32-36(62)4-12-48(40)74(83)84/h1-12,29-32,55-58,63-66H,13-28H2. The Morgan fingerprint density at radius 3 is 0.795 bits per heavy atom. The summed E-state index contributed by atoms with van der Waals surface area (Å²) in [6.07, 6.45) is -3.26. The summed E-state index contributed by atoms with van der Waals surface area (Å²) in [7, 11) is 0. The highest BCUT2D eigenvalue weighted by molar-refractivity contribution is 6.35. The van der Waals surface area contributed by atoms with Gasteiger partial charge in [0.15, 0.2) is 11.6 Å². The van der Waals surface area contributed by atoms with Crippen molar-refractivity contribution in [2.24, 2.45) is 0 Å². The zero-order chi connectivity index (χ0) is 61.9. The van der Waals surface area contributed by atoms with Crippen molar-refractivity contribution in [1.82, 2.24) is 19.6 Å². The summed E-state index contributed by atoms with van der Waals surface area (Å²) >= 11 is 25.3. The van der Waals surface area contributed by atoms with Gasteiger partial charge >= 0.3 is 0 Å². The maximum atomic E-state index is 15.9. The lowest BCUT2D eigenvalue weighted by atomic mass is 9.80. The molecule has 0 spiro atoms. The van der Waals surface area contributed by atoms with E-state index in [2.05, 4.69) is 21.3 Å². The molecule has 6 aromatic carbocycles. The Balaban J connectivity index is 0.923. The van der Waals surface area contributed by atoms with Crippen molar-refractivity contribution in [3.05, 3.63) is 202 Å². The van der Waals surface area contributed by atoms with Crippen LogP contribution in [0.5, 0.6) is 0 Å². The summed E-state index contributed by atoms with van der Waals surface area (Å²) in [5.74, 6) is -1.06. The van der Waals surface area contributed by atoms with Crippen LogP contribution in [0.15, 0.2) is 97.1 Å². The van der Waals surface area contributed by atoms with Gasteiger partial charge in [-0.15, -0.1) is 0 Å². The molecule has 26 nitrogen and oxygen atoms in total. The van der Waals surface area contributed by atoms with Gasteiger partial charge in [-0.3, -0.25) is 69.6 Å². The fraction of sp³-hybridized carbons (Fsp3) is 0.345. The van der Waals surface area contributed by atoms with Gasteiger partial charge in [-0.25, -0.2) is 0 Å². The van der Waals surface area contributed by atoms with Crippen LogP contribution in [-0.2, 0) is 18.9 Å². The zero-order valence-corrected chi connectivity index (χ0v) is 49.7. The van der Waals surface area contributed by atoms with Gasteiger partial charge in [0.2, 0.25) is 0 Å². The van der Waals surface area contributed by atoms with Gasteiger partial charge in [0, 0.05) is 146 Å². The fourth-order valence-electron chi connectivity index (χ4n) is 12.0. The first kappa shape index (κ1) is 61.9. The van der Waals surface area contributed by atoms with Gasteiger partial charge in [0.25, 0.3) is 22.7 Å². The molecule has 5 aliphatic rings. The highest BCUT2D eigenvalue weighted by Gasteiger charge is 2.41. The first-order chi connectivity index (χ1) is 42.4. The highest BCUT2D eigenvalue weighted by atomic mass is 35.5. The number of fused-ring (bicyclic) bond motifs is 2. The number of anilines is 4. The second-order valence-electron chi connectivity index (χ2n) is 21.1. The van der Waals surface area contributed by atoms with Crippen molar-refractivity contribution < 1.29 is 48.2 Å². The Kier molecular flexibility index (Phi) is 19.0. The Bertz CT molecular complexity index is 3290. The number of ketones is 2. The van der Waals surface area contributed by atoms with Crippen LogP contribution >= 0.6 is 46.4 Å². The van der Waals surface area contributed by atoms with Crippen LogP contribution < -0.4 is 21.3 Å². The molecular weight excluding hydrogens is 1230 g/mol. The average Bonchev–Trinajstić information content (AvgIpc) is 1.16. The SMILES string of the molecule is O=C1c2c(NCCN3CCOC3c3cc(Cl)ccc3[N+](=O)[O-])ccc(NCCN3CCOC3c3cc(Cl)ccc3[N+](=O)[O-])c2C(=O)c2c(NCCN3CCOC3c3cc(Cl)ccc3[N+](=O)[O-])ccc(NCCN3CCOC3c3cc(Cl)ccc3[N+](=O)[O-])c21. The van der Waals surface area contributed by atoms with E-state index in [1.807, 2.05) is 19.6 Å². The molecule has 88 heavy (non-hydrogen) atoms. The Hall–Kier alpha value is -7.70. The first-order valence-electron chi connectivity index (χ1n) is 28.0. The van der Waals surface area contributed by atoms with Crippen molar-refractivity contribution in [2.75, 3.05) is 126 Å². The number of nitrogens with zero attached hydrogens (tertiary/aromatic N) is 8. The van der Waals surface area contributed by atoms with E-state index in [1.54, 1.807) is 24.3 Å². The molecule has 6 aromatic rings. The summed E-state index contributed by atoms with van der Waals surface area (Å²) in [5.41, 5.74) is 1.83. The first-order valence-corrected chi connectivity index (χ1v) is 29.5. The fourth-order valence-corrected chi connectivity index (χ4v) is 12.7. The molecule has 0 aromatic heterocycles. The smallest absolute Gasteiger partial charge is 0.276 e. The predicted octanol–water partition coefficient (Wildman–Crippen LogP) is 10.5. The number of nitrogens with one attached hydrogen (secondary N) is 4. The number of nitro benzene ring substituents is 4. The molecule has 0 bridgehead atoms. The third-order valence-electron chi connectivity index (χ3n) is 15.9. The molecular formula is C58H56Cl4N12O14. The van der Waals surface area contributed by atoms with Crippen LogP contribution in [0, 0.1) is 40.5 Å². The minimum atomic E-state index is -0.816. The van der Waals surface area contributed by atoms with E-state index in [-0.39, 0.29) is 146 Å². The van der Waals surface area contributed by atoms with Crippen LogP contribution in [0.25, 0.3) is 0 Å². The second kappa shape index (κ2) is 27.0. The van der Waals surface area contributed by atoms with Crippen LogP contribution in [-0.4, -0.2) is 156 Å². The highest BCUT2D eigenvalue weighted by Crippen LogP contribution is 2.44. The summed E-state index contributed by atoms with van der Waals surface area (Å²) < 4.78 is 24.1. The molecule has 0 radical (unpaired) electrons. The monoisotopic (exact) mass is 1280 g/mol. The Morgan fingerprint density at radius 1 is 0.375 bits per heavy atom. The number of carbonyl (C=O) groups is 2. The Labute approximate surface area is 522 Å². The van der Waals surface area contributed by atoms with Gasteiger partial charge < -0.3 is 40.2 Å². The van der Waals surface area contributed by atoms with E-state index in [4.69, 9.17) is 65.4 Å². The second-order valence-corrected chi connectivity index (χ2v) is 22.8. The Morgan fingerprint density at radius 2 is 0.591 bits per heavy atom.